The Morgan fingerprint density at radius 3 is 2.20 bits per heavy atom. The van der Waals surface area contributed by atoms with Gasteiger partial charge in [-0.1, -0.05) is 30.3 Å². The van der Waals surface area contributed by atoms with Crippen LogP contribution in [0, 0.1) is 19.8 Å². The number of aromatic amines is 1. The molecule has 2 aromatic rings. The highest BCUT2D eigenvalue weighted by atomic mass is 16.4. The number of carbonyl (C=O) groups is 3. The molecule has 0 spiro atoms. The molecule has 0 radical (unpaired) electrons. The lowest BCUT2D eigenvalue weighted by molar-refractivity contribution is -0.142. The summed E-state index contributed by atoms with van der Waals surface area (Å²) in [6.45, 7) is 6.43. The average molecular weight is 342 g/mol. The molecule has 1 heterocycles. The van der Waals surface area contributed by atoms with Crippen LogP contribution in [-0.2, 0) is 4.79 Å². The minimum absolute atomic E-state index is 0.121. The molecule has 1 amide bonds. The Kier molecular flexibility index (Phi) is 5.41. The van der Waals surface area contributed by atoms with Gasteiger partial charge in [-0.25, -0.2) is 0 Å². The summed E-state index contributed by atoms with van der Waals surface area (Å²) in [5.41, 5.74) is 2.67. The number of aryl methyl sites for hydroxylation is 1. The monoisotopic (exact) mass is 342 g/mol. The predicted molar refractivity (Wildman–Crippen MR) is 93.7 cm³/mol. The molecule has 25 heavy (non-hydrogen) atoms. The molecule has 3 N–H and O–H groups in total. The summed E-state index contributed by atoms with van der Waals surface area (Å²) in [6.07, 6.45) is 0. The molecule has 0 aliphatic rings. The lowest BCUT2D eigenvalue weighted by atomic mass is 9.94. The molecule has 0 bridgehead atoms. The first-order valence-corrected chi connectivity index (χ1v) is 8.02. The van der Waals surface area contributed by atoms with Crippen molar-refractivity contribution in [1.29, 1.82) is 0 Å². The zero-order valence-electron chi connectivity index (χ0n) is 14.7. The molecular weight excluding hydrogens is 320 g/mol. The number of amides is 1. The third-order valence-electron chi connectivity index (χ3n) is 4.35. The SMILES string of the molecule is CC(=O)c1c(C)[nH]c(C(=O)NC(c2ccccc2)C(C)C(=O)O)c1C. The van der Waals surface area contributed by atoms with Gasteiger partial charge in [0.2, 0.25) is 0 Å². The van der Waals surface area contributed by atoms with Gasteiger partial charge >= 0.3 is 5.97 Å². The molecule has 132 valence electrons. The Labute approximate surface area is 146 Å². The Balaban J connectivity index is 2.37. The van der Waals surface area contributed by atoms with Gasteiger partial charge in [-0.15, -0.1) is 0 Å². The highest BCUT2D eigenvalue weighted by Gasteiger charge is 2.29. The number of carboxylic acid groups (broad SMARTS) is 1. The number of hydrogen-bond donors (Lipinski definition) is 3. The normalized spacial score (nSPS) is 13.1. The van der Waals surface area contributed by atoms with E-state index in [0.717, 1.165) is 0 Å². The van der Waals surface area contributed by atoms with Crippen molar-refractivity contribution in [2.45, 2.75) is 33.7 Å². The van der Waals surface area contributed by atoms with E-state index < -0.39 is 23.8 Å². The van der Waals surface area contributed by atoms with Crippen molar-refractivity contribution in [1.82, 2.24) is 10.3 Å². The van der Waals surface area contributed by atoms with E-state index >= 15 is 0 Å². The summed E-state index contributed by atoms with van der Waals surface area (Å²) in [4.78, 5) is 38.8. The average Bonchev–Trinajstić information content (AvgIpc) is 2.87. The molecule has 1 aromatic carbocycles. The third kappa shape index (κ3) is 3.79. The first-order chi connectivity index (χ1) is 11.7. The molecule has 1 aromatic heterocycles. The third-order valence-corrected chi connectivity index (χ3v) is 4.35. The Hall–Kier alpha value is -2.89. The summed E-state index contributed by atoms with van der Waals surface area (Å²) in [5.74, 6) is -2.37. The Morgan fingerprint density at radius 1 is 1.12 bits per heavy atom. The van der Waals surface area contributed by atoms with E-state index in [4.69, 9.17) is 0 Å². The highest BCUT2D eigenvalue weighted by molar-refractivity contribution is 6.02. The van der Waals surface area contributed by atoms with Crippen molar-refractivity contribution in [2.75, 3.05) is 0 Å². The molecule has 0 saturated heterocycles. The first kappa shape index (κ1) is 18.4. The molecule has 0 saturated carbocycles. The number of carbonyl (C=O) groups excluding carboxylic acids is 2. The maximum absolute atomic E-state index is 12.7. The van der Waals surface area contributed by atoms with Gasteiger partial charge in [0.1, 0.15) is 5.69 Å². The van der Waals surface area contributed by atoms with Crippen molar-refractivity contribution in [3.8, 4) is 0 Å². The standard InChI is InChI=1S/C19H22N2O4/c1-10-15(13(4)22)12(3)20-17(10)18(23)21-16(11(2)19(24)25)14-8-6-5-7-9-14/h5-9,11,16,20H,1-4H3,(H,21,23)(H,24,25). The minimum atomic E-state index is -1.00. The quantitative estimate of drug-likeness (QED) is 0.703. The summed E-state index contributed by atoms with van der Waals surface area (Å²) < 4.78 is 0. The molecule has 0 aliphatic heterocycles. The fraction of sp³-hybridized carbons (Fsp3) is 0.316. The van der Waals surface area contributed by atoms with Gasteiger partial charge in [-0.3, -0.25) is 14.4 Å². The number of H-pyrrole nitrogens is 1. The van der Waals surface area contributed by atoms with Gasteiger partial charge in [0.05, 0.1) is 12.0 Å². The lowest BCUT2D eigenvalue weighted by Crippen LogP contribution is -2.36. The summed E-state index contributed by atoms with van der Waals surface area (Å²) in [7, 11) is 0. The molecule has 0 aliphatic carbocycles. The van der Waals surface area contributed by atoms with Crippen LogP contribution in [0.15, 0.2) is 30.3 Å². The topological polar surface area (TPSA) is 99.3 Å². The van der Waals surface area contributed by atoms with Crippen LogP contribution in [-0.4, -0.2) is 27.8 Å². The van der Waals surface area contributed by atoms with Crippen LogP contribution in [0.25, 0.3) is 0 Å². The van der Waals surface area contributed by atoms with Crippen molar-refractivity contribution < 1.29 is 19.5 Å². The van der Waals surface area contributed by atoms with E-state index in [0.29, 0.717) is 22.4 Å². The second-order valence-electron chi connectivity index (χ2n) is 6.17. The number of ketones is 1. The Morgan fingerprint density at radius 2 is 1.72 bits per heavy atom. The maximum atomic E-state index is 12.7. The van der Waals surface area contributed by atoms with E-state index in [-0.39, 0.29) is 11.5 Å². The van der Waals surface area contributed by atoms with Crippen LogP contribution in [0.1, 0.15) is 57.6 Å². The summed E-state index contributed by atoms with van der Waals surface area (Å²) in [6, 6.07) is 8.28. The van der Waals surface area contributed by atoms with Crippen molar-refractivity contribution in [3.63, 3.8) is 0 Å². The van der Waals surface area contributed by atoms with E-state index in [9.17, 15) is 19.5 Å². The molecule has 6 heteroatoms. The van der Waals surface area contributed by atoms with Crippen molar-refractivity contribution >= 4 is 17.7 Å². The molecule has 6 nitrogen and oxygen atoms in total. The number of Topliss-reactive ketones (excluding diaryl/α,β-unsaturated/α-hetero) is 1. The number of hydrogen-bond acceptors (Lipinski definition) is 3. The molecule has 2 rings (SSSR count). The fourth-order valence-corrected chi connectivity index (χ4v) is 3.02. The number of aliphatic carboxylic acids is 1. The van der Waals surface area contributed by atoms with Gasteiger partial charge in [0, 0.05) is 11.3 Å². The van der Waals surface area contributed by atoms with Crippen LogP contribution in [0.4, 0.5) is 0 Å². The molecule has 2 unspecified atom stereocenters. The highest BCUT2D eigenvalue weighted by Crippen LogP contribution is 2.24. The first-order valence-electron chi connectivity index (χ1n) is 8.02. The van der Waals surface area contributed by atoms with Crippen LogP contribution in [0.2, 0.25) is 0 Å². The van der Waals surface area contributed by atoms with Crippen LogP contribution >= 0.6 is 0 Å². The smallest absolute Gasteiger partial charge is 0.308 e. The van der Waals surface area contributed by atoms with Crippen molar-refractivity contribution in [3.05, 3.63) is 58.4 Å². The molecule has 0 fully saturated rings. The largest absolute Gasteiger partial charge is 0.481 e. The van der Waals surface area contributed by atoms with Gasteiger partial charge in [0.25, 0.3) is 5.91 Å². The second kappa shape index (κ2) is 7.34. The maximum Gasteiger partial charge on any atom is 0.308 e. The van der Waals surface area contributed by atoms with E-state index in [2.05, 4.69) is 10.3 Å². The van der Waals surface area contributed by atoms with E-state index in [1.54, 1.807) is 45.0 Å². The van der Waals surface area contributed by atoms with Gasteiger partial charge in [0.15, 0.2) is 5.78 Å². The number of aromatic nitrogens is 1. The van der Waals surface area contributed by atoms with Crippen molar-refractivity contribution in [2.24, 2.45) is 5.92 Å². The Bertz CT molecular complexity index is 808. The summed E-state index contributed by atoms with van der Waals surface area (Å²) >= 11 is 0. The van der Waals surface area contributed by atoms with E-state index in [1.807, 2.05) is 6.07 Å². The zero-order valence-corrected chi connectivity index (χ0v) is 14.7. The number of nitrogens with one attached hydrogen (secondary N) is 2. The second-order valence-corrected chi connectivity index (χ2v) is 6.17. The van der Waals surface area contributed by atoms with Gasteiger partial charge in [-0.05, 0) is 38.8 Å². The minimum Gasteiger partial charge on any atom is -0.481 e. The van der Waals surface area contributed by atoms with E-state index in [1.165, 1.54) is 6.92 Å². The fourth-order valence-electron chi connectivity index (χ4n) is 3.02. The lowest BCUT2D eigenvalue weighted by Gasteiger charge is -2.23. The van der Waals surface area contributed by atoms with Crippen LogP contribution in [0.5, 0.6) is 0 Å². The van der Waals surface area contributed by atoms with Crippen LogP contribution in [0.3, 0.4) is 0 Å². The number of rotatable bonds is 6. The number of carboxylic acids is 1. The molecular formula is C19H22N2O4. The molecule has 2 atom stereocenters. The number of benzene rings is 1. The van der Waals surface area contributed by atoms with Gasteiger partial charge < -0.3 is 15.4 Å². The van der Waals surface area contributed by atoms with Crippen LogP contribution < -0.4 is 5.32 Å². The summed E-state index contributed by atoms with van der Waals surface area (Å²) in [5, 5.41) is 12.2. The zero-order chi connectivity index (χ0) is 18.7. The van der Waals surface area contributed by atoms with Gasteiger partial charge in [-0.2, -0.15) is 0 Å². The predicted octanol–water partition coefficient (Wildman–Crippen LogP) is 3.03.